The first kappa shape index (κ1) is 16.2. The predicted octanol–water partition coefficient (Wildman–Crippen LogP) is 4.05. The van der Waals surface area contributed by atoms with E-state index in [2.05, 4.69) is 41.8 Å². The molecule has 1 saturated carbocycles. The molecule has 4 nitrogen and oxygen atoms in total. The molecule has 0 aromatic heterocycles. The Morgan fingerprint density at radius 3 is 2.17 bits per heavy atom. The van der Waals surface area contributed by atoms with Crippen molar-refractivity contribution in [2.75, 3.05) is 11.9 Å². The van der Waals surface area contributed by atoms with Crippen LogP contribution in [0.4, 0.5) is 10.5 Å². The molecule has 2 aromatic rings. The highest BCUT2D eigenvalue weighted by atomic mass is 16.2. The molecule has 2 aromatic carbocycles. The molecule has 0 aliphatic heterocycles. The number of amides is 2. The van der Waals surface area contributed by atoms with Gasteiger partial charge in [0.25, 0.3) is 0 Å². The van der Waals surface area contributed by atoms with Gasteiger partial charge in [0.2, 0.25) is 0 Å². The first-order chi connectivity index (χ1) is 11.5. The number of urea groups is 1. The molecule has 1 fully saturated rings. The van der Waals surface area contributed by atoms with Crippen LogP contribution < -0.4 is 10.6 Å². The van der Waals surface area contributed by atoms with Crippen molar-refractivity contribution in [3.8, 4) is 0 Å². The van der Waals surface area contributed by atoms with Crippen LogP contribution in [0.15, 0.2) is 48.5 Å². The molecule has 4 heteroatoms. The van der Waals surface area contributed by atoms with Crippen molar-refractivity contribution in [2.24, 2.45) is 0 Å². The van der Waals surface area contributed by atoms with E-state index in [1.165, 1.54) is 18.1 Å². The van der Waals surface area contributed by atoms with Gasteiger partial charge in [0.05, 0.1) is 0 Å². The molecule has 1 aliphatic rings. The third-order valence-electron chi connectivity index (χ3n) is 4.65. The number of benzene rings is 2. The lowest BCUT2D eigenvalue weighted by molar-refractivity contribution is 0.101. The quantitative estimate of drug-likeness (QED) is 0.816. The Bertz CT molecular complexity index is 744. The topological polar surface area (TPSA) is 58.2 Å². The normalized spacial score (nSPS) is 14.8. The number of ketones is 1. The van der Waals surface area contributed by atoms with Gasteiger partial charge in [-0.2, -0.15) is 0 Å². The van der Waals surface area contributed by atoms with Gasteiger partial charge in [0, 0.05) is 23.2 Å². The number of aryl methyl sites for hydroxylation is 1. The first-order valence-electron chi connectivity index (χ1n) is 8.22. The molecule has 0 unspecified atom stereocenters. The number of rotatable bonds is 5. The highest BCUT2D eigenvalue weighted by Gasteiger charge is 2.44. The minimum absolute atomic E-state index is 0.0137. The molecule has 124 valence electrons. The maximum Gasteiger partial charge on any atom is 0.319 e. The van der Waals surface area contributed by atoms with Crippen LogP contribution in [-0.4, -0.2) is 18.4 Å². The maximum atomic E-state index is 12.1. The summed E-state index contributed by atoms with van der Waals surface area (Å²) >= 11 is 0. The molecule has 0 saturated heterocycles. The standard InChI is InChI=1S/C20H22N2O2/c1-14-3-7-17(8-4-14)20(11-12-20)13-21-19(24)22-18-9-5-16(6-10-18)15(2)23/h3-10H,11-13H2,1-2H3,(H2,21,22,24). The summed E-state index contributed by atoms with van der Waals surface area (Å²) in [7, 11) is 0. The van der Waals surface area contributed by atoms with Gasteiger partial charge in [-0.15, -0.1) is 0 Å². The van der Waals surface area contributed by atoms with Gasteiger partial charge in [-0.05, 0) is 56.5 Å². The number of hydrogen-bond acceptors (Lipinski definition) is 2. The summed E-state index contributed by atoms with van der Waals surface area (Å²) < 4.78 is 0. The molecule has 1 aliphatic carbocycles. The van der Waals surface area contributed by atoms with Gasteiger partial charge in [-0.3, -0.25) is 4.79 Å². The van der Waals surface area contributed by atoms with E-state index in [0.29, 0.717) is 17.8 Å². The average Bonchev–Trinajstić information content (AvgIpc) is 3.35. The number of carbonyl (C=O) groups excluding carboxylic acids is 2. The highest BCUT2D eigenvalue weighted by molar-refractivity contribution is 5.95. The highest BCUT2D eigenvalue weighted by Crippen LogP contribution is 2.47. The largest absolute Gasteiger partial charge is 0.337 e. The fourth-order valence-corrected chi connectivity index (χ4v) is 2.84. The van der Waals surface area contributed by atoms with Gasteiger partial charge in [0.15, 0.2) is 5.78 Å². The van der Waals surface area contributed by atoms with Gasteiger partial charge in [0.1, 0.15) is 0 Å². The summed E-state index contributed by atoms with van der Waals surface area (Å²) in [6.45, 7) is 4.23. The lowest BCUT2D eigenvalue weighted by atomic mass is 9.95. The van der Waals surface area contributed by atoms with Gasteiger partial charge in [-0.25, -0.2) is 4.79 Å². The second kappa shape index (κ2) is 6.48. The molecule has 0 radical (unpaired) electrons. The zero-order chi connectivity index (χ0) is 17.2. The Kier molecular flexibility index (Phi) is 4.38. The van der Waals surface area contributed by atoms with E-state index in [1.807, 2.05) is 0 Å². The Hall–Kier alpha value is -2.62. The van der Waals surface area contributed by atoms with Crippen molar-refractivity contribution < 1.29 is 9.59 Å². The molecular formula is C20H22N2O2. The molecule has 0 heterocycles. The van der Waals surface area contributed by atoms with E-state index in [-0.39, 0.29) is 17.2 Å². The summed E-state index contributed by atoms with van der Waals surface area (Å²) in [4.78, 5) is 23.4. The molecule has 3 rings (SSSR count). The third kappa shape index (κ3) is 3.65. The first-order valence-corrected chi connectivity index (χ1v) is 8.22. The number of anilines is 1. The van der Waals surface area contributed by atoms with E-state index in [4.69, 9.17) is 0 Å². The van der Waals surface area contributed by atoms with Crippen LogP contribution in [0.5, 0.6) is 0 Å². The predicted molar refractivity (Wildman–Crippen MR) is 95.6 cm³/mol. The van der Waals surface area contributed by atoms with E-state index >= 15 is 0 Å². The summed E-state index contributed by atoms with van der Waals surface area (Å²) in [5.41, 5.74) is 3.94. The van der Waals surface area contributed by atoms with Crippen LogP contribution in [0.1, 0.15) is 41.3 Å². The Morgan fingerprint density at radius 2 is 1.62 bits per heavy atom. The molecule has 2 N–H and O–H groups in total. The Morgan fingerprint density at radius 1 is 1.00 bits per heavy atom. The summed E-state index contributed by atoms with van der Waals surface area (Å²) in [5.74, 6) is 0.0137. The van der Waals surface area contributed by atoms with Crippen molar-refractivity contribution >= 4 is 17.5 Å². The third-order valence-corrected chi connectivity index (χ3v) is 4.65. The van der Waals surface area contributed by atoms with Crippen molar-refractivity contribution in [2.45, 2.75) is 32.1 Å². The SMILES string of the molecule is CC(=O)c1ccc(NC(=O)NCC2(c3ccc(C)cc3)CC2)cc1. The van der Waals surface area contributed by atoms with Crippen LogP contribution in [0.25, 0.3) is 0 Å². The van der Waals surface area contributed by atoms with E-state index in [0.717, 1.165) is 12.8 Å². The maximum absolute atomic E-state index is 12.1. The molecular weight excluding hydrogens is 300 g/mol. The van der Waals surface area contributed by atoms with Crippen molar-refractivity contribution in [3.05, 3.63) is 65.2 Å². The van der Waals surface area contributed by atoms with Crippen LogP contribution in [0.3, 0.4) is 0 Å². The lowest BCUT2D eigenvalue weighted by Gasteiger charge is -2.17. The Labute approximate surface area is 142 Å². The van der Waals surface area contributed by atoms with Crippen molar-refractivity contribution in [1.82, 2.24) is 5.32 Å². The fourth-order valence-electron chi connectivity index (χ4n) is 2.84. The molecule has 2 amide bonds. The minimum atomic E-state index is -0.219. The van der Waals surface area contributed by atoms with E-state index in [1.54, 1.807) is 24.3 Å². The van der Waals surface area contributed by atoms with E-state index < -0.39 is 0 Å². The van der Waals surface area contributed by atoms with Crippen molar-refractivity contribution in [1.29, 1.82) is 0 Å². The number of hydrogen-bond donors (Lipinski definition) is 2. The summed E-state index contributed by atoms with van der Waals surface area (Å²) in [6.07, 6.45) is 2.20. The molecule has 24 heavy (non-hydrogen) atoms. The van der Waals surface area contributed by atoms with Crippen LogP contribution in [-0.2, 0) is 5.41 Å². The zero-order valence-electron chi connectivity index (χ0n) is 14.1. The second-order valence-electron chi connectivity index (χ2n) is 6.59. The number of Topliss-reactive ketones (excluding diaryl/α,β-unsaturated/α-hetero) is 1. The minimum Gasteiger partial charge on any atom is -0.337 e. The van der Waals surface area contributed by atoms with Crippen LogP contribution in [0, 0.1) is 6.92 Å². The van der Waals surface area contributed by atoms with Gasteiger partial charge in [-0.1, -0.05) is 29.8 Å². The molecule has 0 spiro atoms. The van der Waals surface area contributed by atoms with Crippen LogP contribution >= 0.6 is 0 Å². The van der Waals surface area contributed by atoms with Gasteiger partial charge >= 0.3 is 6.03 Å². The number of carbonyl (C=O) groups is 2. The monoisotopic (exact) mass is 322 g/mol. The summed E-state index contributed by atoms with van der Waals surface area (Å²) in [6, 6.07) is 15.2. The van der Waals surface area contributed by atoms with Crippen molar-refractivity contribution in [3.63, 3.8) is 0 Å². The second-order valence-corrected chi connectivity index (χ2v) is 6.59. The fraction of sp³-hybridized carbons (Fsp3) is 0.300. The smallest absolute Gasteiger partial charge is 0.319 e. The lowest BCUT2D eigenvalue weighted by Crippen LogP contribution is -2.35. The molecule has 0 bridgehead atoms. The zero-order valence-corrected chi connectivity index (χ0v) is 14.1. The number of nitrogens with one attached hydrogen (secondary N) is 2. The van der Waals surface area contributed by atoms with Crippen LogP contribution in [0.2, 0.25) is 0 Å². The van der Waals surface area contributed by atoms with E-state index in [9.17, 15) is 9.59 Å². The van der Waals surface area contributed by atoms with Gasteiger partial charge < -0.3 is 10.6 Å². The molecule has 0 atom stereocenters. The Balaban J connectivity index is 1.55. The average molecular weight is 322 g/mol. The summed E-state index contributed by atoms with van der Waals surface area (Å²) in [5, 5.41) is 5.78.